The summed E-state index contributed by atoms with van der Waals surface area (Å²) in [5.74, 6) is -0.316. The molecule has 0 fully saturated rings. The van der Waals surface area contributed by atoms with Crippen molar-refractivity contribution in [2.75, 3.05) is 6.54 Å². The second-order valence-corrected chi connectivity index (χ2v) is 9.24. The highest BCUT2D eigenvalue weighted by Crippen LogP contribution is 2.23. The van der Waals surface area contributed by atoms with E-state index in [2.05, 4.69) is 10.7 Å². The van der Waals surface area contributed by atoms with Crippen LogP contribution in [-0.4, -0.2) is 23.4 Å². The lowest BCUT2D eigenvalue weighted by Crippen LogP contribution is -2.46. The lowest BCUT2D eigenvalue weighted by molar-refractivity contribution is -0.132. The van der Waals surface area contributed by atoms with Crippen LogP contribution in [0.3, 0.4) is 0 Å². The summed E-state index contributed by atoms with van der Waals surface area (Å²) in [5, 5.41) is 4.53. The second kappa shape index (κ2) is 10.2. The van der Waals surface area contributed by atoms with Crippen LogP contribution in [0.25, 0.3) is 0 Å². The van der Waals surface area contributed by atoms with Crippen molar-refractivity contribution in [3.05, 3.63) is 67.4 Å². The first-order valence-electron chi connectivity index (χ1n) is 9.90. The Labute approximate surface area is 186 Å². The molecule has 2 heterocycles. The van der Waals surface area contributed by atoms with Crippen LogP contribution < -0.4 is 16.5 Å². The Hall–Kier alpha value is -2.19. The van der Waals surface area contributed by atoms with Gasteiger partial charge in [-0.2, -0.15) is 0 Å². The maximum atomic E-state index is 12.9. The van der Waals surface area contributed by atoms with Crippen LogP contribution in [0.15, 0.2) is 41.5 Å². The smallest absolute Gasteiger partial charge is 0.264 e. The van der Waals surface area contributed by atoms with E-state index in [0.717, 1.165) is 37.9 Å². The zero-order valence-electron chi connectivity index (χ0n) is 17.3. The van der Waals surface area contributed by atoms with Gasteiger partial charge in [0.15, 0.2) is 0 Å². The molecule has 1 aromatic carbocycles. The lowest BCUT2D eigenvalue weighted by Gasteiger charge is -2.29. The maximum absolute atomic E-state index is 12.9. The Morgan fingerprint density at radius 2 is 2.00 bits per heavy atom. The molecule has 3 rings (SSSR count). The maximum Gasteiger partial charge on any atom is 0.264 e. The third kappa shape index (κ3) is 5.70. The largest absolute Gasteiger partial charge is 0.352 e. The summed E-state index contributed by atoms with van der Waals surface area (Å²) in [6.07, 6.45) is 0.805. The number of nitrogens with zero attached hydrogens (tertiary/aromatic N) is 1. The highest BCUT2D eigenvalue weighted by Gasteiger charge is 2.26. The van der Waals surface area contributed by atoms with Crippen molar-refractivity contribution < 1.29 is 9.59 Å². The van der Waals surface area contributed by atoms with Crippen molar-refractivity contribution >= 4 is 34.8 Å². The van der Waals surface area contributed by atoms with Gasteiger partial charge in [0.2, 0.25) is 5.91 Å². The van der Waals surface area contributed by atoms with Crippen molar-refractivity contribution in [1.82, 2.24) is 15.8 Å². The predicted molar refractivity (Wildman–Crippen MR) is 121 cm³/mol. The molecule has 4 N–H and O–H groups in total. The minimum Gasteiger partial charge on any atom is -0.352 e. The van der Waals surface area contributed by atoms with Crippen molar-refractivity contribution in [3.8, 4) is 0 Å². The molecule has 1 aromatic heterocycles. The third-order valence-corrected chi connectivity index (χ3v) is 6.43. The van der Waals surface area contributed by atoms with Crippen LogP contribution in [-0.2, 0) is 29.2 Å². The van der Waals surface area contributed by atoms with Gasteiger partial charge in [-0.1, -0.05) is 40.9 Å². The zero-order chi connectivity index (χ0) is 21.7. The Kier molecular flexibility index (Phi) is 7.66. The molecule has 30 heavy (non-hydrogen) atoms. The van der Waals surface area contributed by atoms with E-state index in [9.17, 15) is 9.59 Å². The van der Waals surface area contributed by atoms with Gasteiger partial charge in [-0.15, -0.1) is 11.3 Å². The van der Waals surface area contributed by atoms with Gasteiger partial charge < -0.3 is 11.1 Å². The van der Waals surface area contributed by atoms with E-state index in [-0.39, 0.29) is 18.2 Å². The van der Waals surface area contributed by atoms with E-state index < -0.39 is 0 Å². The van der Waals surface area contributed by atoms with E-state index in [1.165, 1.54) is 11.3 Å². The van der Waals surface area contributed by atoms with Gasteiger partial charge in [0, 0.05) is 36.6 Å². The molecule has 1 aliphatic heterocycles. The van der Waals surface area contributed by atoms with Gasteiger partial charge in [0.05, 0.1) is 10.8 Å². The fraction of sp³-hybridized carbons (Fsp3) is 0.364. The van der Waals surface area contributed by atoms with Crippen molar-refractivity contribution in [2.24, 2.45) is 5.73 Å². The number of hydrogen-bond acceptors (Lipinski definition) is 5. The average molecular weight is 447 g/mol. The summed E-state index contributed by atoms with van der Waals surface area (Å²) in [7, 11) is 0. The summed E-state index contributed by atoms with van der Waals surface area (Å²) in [4.78, 5) is 26.5. The molecule has 0 aliphatic carbocycles. The number of thiophene rings is 1. The molecule has 0 radical (unpaired) electrons. The van der Waals surface area contributed by atoms with Gasteiger partial charge >= 0.3 is 0 Å². The standard InChI is InChI=1S/C22H27ClN4O2S/c1-14-3-4-16(11-24)17(9-14)12-25-21(28)10-19-15(2)7-8-27(22(19)29)26-13-18-5-6-20(23)30-18/h3-6,9,26H,7-8,10-13,24H2,1-2H3,(H,25,28). The Balaban J connectivity index is 1.58. The Morgan fingerprint density at radius 3 is 2.70 bits per heavy atom. The lowest BCUT2D eigenvalue weighted by atomic mass is 9.98. The molecule has 0 spiro atoms. The van der Waals surface area contributed by atoms with Gasteiger partial charge in [-0.3, -0.25) is 14.6 Å². The number of carbonyl (C=O) groups is 2. The van der Waals surface area contributed by atoms with Gasteiger partial charge in [0.1, 0.15) is 0 Å². The number of nitrogens with one attached hydrogen (secondary N) is 2. The summed E-state index contributed by atoms with van der Waals surface area (Å²) in [5.41, 5.74) is 13.6. The number of benzene rings is 1. The van der Waals surface area contributed by atoms with Crippen molar-refractivity contribution in [2.45, 2.75) is 46.3 Å². The van der Waals surface area contributed by atoms with Crippen LogP contribution in [0, 0.1) is 6.92 Å². The number of halogens is 1. The molecule has 0 unspecified atom stereocenters. The fourth-order valence-electron chi connectivity index (χ4n) is 3.41. The van der Waals surface area contributed by atoms with Gasteiger partial charge in [-0.05, 0) is 43.5 Å². The summed E-state index contributed by atoms with van der Waals surface area (Å²) < 4.78 is 0.719. The number of rotatable bonds is 8. The molecule has 2 aromatic rings. The first-order valence-corrected chi connectivity index (χ1v) is 11.1. The molecule has 0 bridgehead atoms. The third-order valence-electron chi connectivity index (χ3n) is 5.20. The molecule has 6 nitrogen and oxygen atoms in total. The van der Waals surface area contributed by atoms with Crippen molar-refractivity contribution in [1.29, 1.82) is 0 Å². The topological polar surface area (TPSA) is 87.5 Å². The summed E-state index contributed by atoms with van der Waals surface area (Å²) in [6.45, 7) is 5.85. The predicted octanol–water partition coefficient (Wildman–Crippen LogP) is 3.43. The first kappa shape index (κ1) is 22.5. The van der Waals surface area contributed by atoms with Crippen LogP contribution in [0.2, 0.25) is 4.34 Å². The molecular weight excluding hydrogens is 420 g/mol. The van der Waals surface area contributed by atoms with E-state index in [0.29, 0.717) is 31.8 Å². The summed E-state index contributed by atoms with van der Waals surface area (Å²) in [6, 6.07) is 9.80. The highest BCUT2D eigenvalue weighted by atomic mass is 35.5. The van der Waals surface area contributed by atoms with E-state index in [1.54, 1.807) is 5.01 Å². The SMILES string of the molecule is CC1=C(CC(=O)NCc2cc(C)ccc2CN)C(=O)N(NCc2ccc(Cl)s2)CC1. The van der Waals surface area contributed by atoms with Gasteiger partial charge in [-0.25, -0.2) is 5.43 Å². The quantitative estimate of drug-likeness (QED) is 0.579. The molecule has 0 saturated carbocycles. The van der Waals surface area contributed by atoms with Crippen molar-refractivity contribution in [3.63, 3.8) is 0 Å². The minimum atomic E-state index is -0.172. The number of aryl methyl sites for hydroxylation is 1. The Bertz CT molecular complexity index is 970. The number of hydrogen-bond donors (Lipinski definition) is 3. The highest BCUT2D eigenvalue weighted by molar-refractivity contribution is 7.16. The van der Waals surface area contributed by atoms with Gasteiger partial charge in [0.25, 0.3) is 5.91 Å². The fourth-order valence-corrected chi connectivity index (χ4v) is 4.43. The molecular formula is C22H27ClN4O2S. The number of hydrazine groups is 1. The van der Waals surface area contributed by atoms with E-state index in [4.69, 9.17) is 17.3 Å². The molecule has 0 atom stereocenters. The van der Waals surface area contributed by atoms with Crippen LogP contribution in [0.1, 0.15) is 41.3 Å². The van der Waals surface area contributed by atoms with Crippen LogP contribution in [0.4, 0.5) is 0 Å². The number of carbonyl (C=O) groups excluding carboxylic acids is 2. The van der Waals surface area contributed by atoms with Crippen LogP contribution >= 0.6 is 22.9 Å². The second-order valence-electron chi connectivity index (χ2n) is 7.44. The monoisotopic (exact) mass is 446 g/mol. The zero-order valence-corrected chi connectivity index (χ0v) is 18.8. The number of amides is 2. The minimum absolute atomic E-state index is 0.0669. The molecule has 2 amide bonds. The summed E-state index contributed by atoms with van der Waals surface area (Å²) >= 11 is 7.44. The Morgan fingerprint density at radius 1 is 1.20 bits per heavy atom. The molecule has 8 heteroatoms. The van der Waals surface area contributed by atoms with E-state index in [1.807, 2.05) is 44.2 Å². The molecule has 1 aliphatic rings. The molecule has 160 valence electrons. The average Bonchev–Trinajstić information content (AvgIpc) is 3.14. The normalized spacial score (nSPS) is 14.4. The number of nitrogens with two attached hydrogens (primary N) is 1. The first-order chi connectivity index (χ1) is 14.4. The van der Waals surface area contributed by atoms with E-state index >= 15 is 0 Å². The van der Waals surface area contributed by atoms with Crippen LogP contribution in [0.5, 0.6) is 0 Å². The molecule has 0 saturated heterocycles.